The molecule has 2 heteroatoms. The van der Waals surface area contributed by atoms with Crippen LogP contribution in [-0.2, 0) is 0 Å². The van der Waals surface area contributed by atoms with E-state index in [4.69, 9.17) is 6.92 Å². The molecule has 0 aromatic heterocycles. The van der Waals surface area contributed by atoms with Gasteiger partial charge in [0.05, 0.1) is 0 Å². The summed E-state index contributed by atoms with van der Waals surface area (Å²) in [5.41, 5.74) is 1.98. The van der Waals surface area contributed by atoms with E-state index in [1.54, 1.807) is 0 Å². The second-order valence-electron chi connectivity index (χ2n) is 4.83. The Hall–Kier alpha value is -1.15. The number of Topliss-reactive ketones (excluding diaryl/α,β-unsaturated/α-hetero) is 1. The molecule has 0 fully saturated rings. The van der Waals surface area contributed by atoms with Crippen molar-refractivity contribution in [3.8, 4) is 0 Å². The van der Waals surface area contributed by atoms with E-state index >= 15 is 0 Å². The maximum atomic E-state index is 12.1. The molecule has 2 nitrogen and oxygen atoms in total. The largest absolute Gasteiger partial charge is 0.316 e. The Bertz CT molecular complexity index is 356. The van der Waals surface area contributed by atoms with Crippen LogP contribution in [0.25, 0.3) is 0 Å². The topological polar surface area (TPSA) is 29.1 Å². The summed E-state index contributed by atoms with van der Waals surface area (Å²) >= 11 is 0. The zero-order valence-corrected chi connectivity index (χ0v) is 11.4. The normalized spacial score (nSPS) is 12.4. The third-order valence-electron chi connectivity index (χ3n) is 3.04. The summed E-state index contributed by atoms with van der Waals surface area (Å²) < 4.78 is 0. The lowest BCUT2D eigenvalue weighted by atomic mass is 9.98. The molecule has 1 rings (SSSR count). The molecule has 98 valence electrons. The van der Waals surface area contributed by atoms with E-state index in [-0.39, 0.29) is 11.7 Å². The number of hydrogen-bond donors (Lipinski definition) is 1. The summed E-state index contributed by atoms with van der Waals surface area (Å²) in [7, 11) is 0. The summed E-state index contributed by atoms with van der Waals surface area (Å²) in [6.45, 7) is 11.1. The summed E-state index contributed by atoms with van der Waals surface area (Å²) in [6.07, 6.45) is 2.84. The van der Waals surface area contributed by atoms with Gasteiger partial charge in [0, 0.05) is 18.0 Å². The predicted octanol–water partition coefficient (Wildman–Crippen LogP) is 3.28. The Morgan fingerprint density at radius 1 is 1.28 bits per heavy atom. The maximum Gasteiger partial charge on any atom is 0.166 e. The van der Waals surface area contributed by atoms with E-state index in [2.05, 4.69) is 5.32 Å². The van der Waals surface area contributed by atoms with E-state index in [0.29, 0.717) is 0 Å². The van der Waals surface area contributed by atoms with E-state index in [1.165, 1.54) is 5.56 Å². The van der Waals surface area contributed by atoms with Crippen LogP contribution in [0.1, 0.15) is 42.1 Å². The number of carbonyl (C=O) groups excluding carboxylic acids is 1. The number of aryl methyl sites for hydroxylation is 1. The lowest BCUT2D eigenvalue weighted by Crippen LogP contribution is -2.27. The quantitative estimate of drug-likeness (QED) is 0.562. The Morgan fingerprint density at radius 2 is 1.94 bits per heavy atom. The molecular weight excluding hydrogens is 222 g/mol. The van der Waals surface area contributed by atoms with Crippen LogP contribution in [0.2, 0.25) is 0 Å². The van der Waals surface area contributed by atoms with Crippen molar-refractivity contribution in [1.29, 1.82) is 0 Å². The van der Waals surface area contributed by atoms with Gasteiger partial charge in [-0.25, -0.2) is 0 Å². The van der Waals surface area contributed by atoms with Gasteiger partial charge < -0.3 is 5.32 Å². The van der Waals surface area contributed by atoms with Gasteiger partial charge in [-0.3, -0.25) is 4.79 Å². The molecule has 0 saturated carbocycles. The SMILES string of the molecule is [CH]CCCCNCC(C)C(=O)c1ccc(C)cc1. The lowest BCUT2D eigenvalue weighted by Gasteiger charge is -2.11. The standard InChI is InChI=1S/C16H23NO/c1-4-5-6-11-17-12-14(3)16(18)15-9-7-13(2)8-10-15/h1,7-10,14,17H,4-6,11-12H2,2-3H3. The van der Waals surface area contributed by atoms with Crippen LogP contribution < -0.4 is 5.32 Å². The van der Waals surface area contributed by atoms with Crippen LogP contribution >= 0.6 is 0 Å². The third kappa shape index (κ3) is 5.01. The van der Waals surface area contributed by atoms with Gasteiger partial charge in [0.15, 0.2) is 5.78 Å². The molecule has 0 amide bonds. The summed E-state index contributed by atoms with van der Waals surface area (Å²) in [4.78, 5) is 12.1. The zero-order chi connectivity index (χ0) is 13.4. The van der Waals surface area contributed by atoms with Gasteiger partial charge in [-0.2, -0.15) is 0 Å². The van der Waals surface area contributed by atoms with E-state index in [0.717, 1.165) is 37.9 Å². The number of hydrogen-bond acceptors (Lipinski definition) is 2. The minimum atomic E-state index is 0.0191. The van der Waals surface area contributed by atoms with Gasteiger partial charge in [-0.15, -0.1) is 0 Å². The molecule has 0 heterocycles. The number of benzene rings is 1. The fraction of sp³-hybridized carbons (Fsp3) is 0.500. The van der Waals surface area contributed by atoms with Crippen LogP contribution in [-0.4, -0.2) is 18.9 Å². The molecule has 2 radical (unpaired) electrons. The second-order valence-corrected chi connectivity index (χ2v) is 4.83. The van der Waals surface area contributed by atoms with Crippen LogP contribution in [0.5, 0.6) is 0 Å². The third-order valence-corrected chi connectivity index (χ3v) is 3.04. The minimum Gasteiger partial charge on any atom is -0.316 e. The highest BCUT2D eigenvalue weighted by Gasteiger charge is 2.14. The fourth-order valence-corrected chi connectivity index (χ4v) is 1.81. The van der Waals surface area contributed by atoms with Crippen LogP contribution in [0.3, 0.4) is 0 Å². The highest BCUT2D eigenvalue weighted by molar-refractivity contribution is 5.97. The van der Waals surface area contributed by atoms with E-state index in [9.17, 15) is 4.79 Å². The molecule has 1 atom stereocenters. The molecule has 0 aliphatic heterocycles. The van der Waals surface area contributed by atoms with Crippen LogP contribution in [0.4, 0.5) is 0 Å². The van der Waals surface area contributed by atoms with E-state index in [1.807, 2.05) is 38.1 Å². The number of carbonyl (C=O) groups is 1. The Morgan fingerprint density at radius 3 is 2.56 bits per heavy atom. The molecule has 1 aromatic carbocycles. The van der Waals surface area contributed by atoms with E-state index < -0.39 is 0 Å². The van der Waals surface area contributed by atoms with Crippen molar-refractivity contribution in [2.75, 3.05) is 13.1 Å². The summed E-state index contributed by atoms with van der Waals surface area (Å²) in [5, 5.41) is 3.31. The first kappa shape index (κ1) is 14.9. The molecular formula is C16H23NO. The number of ketones is 1. The van der Waals surface area contributed by atoms with Gasteiger partial charge in [-0.1, -0.05) is 43.2 Å². The average molecular weight is 245 g/mol. The first-order chi connectivity index (χ1) is 8.65. The Balaban J connectivity index is 2.34. The molecule has 0 saturated heterocycles. The highest BCUT2D eigenvalue weighted by Crippen LogP contribution is 2.09. The van der Waals surface area contributed by atoms with Crippen molar-refractivity contribution in [3.63, 3.8) is 0 Å². The molecule has 0 aliphatic carbocycles. The van der Waals surface area contributed by atoms with Crippen molar-refractivity contribution in [1.82, 2.24) is 5.32 Å². The van der Waals surface area contributed by atoms with Gasteiger partial charge in [0.2, 0.25) is 0 Å². The van der Waals surface area contributed by atoms with Crippen molar-refractivity contribution in [2.45, 2.75) is 33.1 Å². The lowest BCUT2D eigenvalue weighted by molar-refractivity contribution is 0.0929. The first-order valence-corrected chi connectivity index (χ1v) is 6.67. The smallest absolute Gasteiger partial charge is 0.166 e. The second kappa shape index (κ2) is 8.04. The van der Waals surface area contributed by atoms with Crippen LogP contribution in [0.15, 0.2) is 24.3 Å². The van der Waals surface area contributed by atoms with Gasteiger partial charge >= 0.3 is 0 Å². The molecule has 0 aliphatic rings. The summed E-state index contributed by atoms with van der Waals surface area (Å²) in [5.74, 6) is 0.229. The van der Waals surface area contributed by atoms with Crippen LogP contribution in [0, 0.1) is 19.8 Å². The van der Waals surface area contributed by atoms with Crippen molar-refractivity contribution in [2.24, 2.45) is 5.92 Å². The van der Waals surface area contributed by atoms with Crippen molar-refractivity contribution >= 4 is 5.78 Å². The molecule has 1 unspecified atom stereocenters. The monoisotopic (exact) mass is 245 g/mol. The average Bonchev–Trinajstić information content (AvgIpc) is 2.38. The number of rotatable bonds is 8. The fourth-order valence-electron chi connectivity index (χ4n) is 1.81. The van der Waals surface area contributed by atoms with Gasteiger partial charge in [0.25, 0.3) is 0 Å². The Kier molecular flexibility index (Phi) is 6.66. The number of nitrogens with one attached hydrogen (secondary N) is 1. The molecule has 1 aromatic rings. The first-order valence-electron chi connectivity index (χ1n) is 6.67. The maximum absolute atomic E-state index is 12.1. The van der Waals surface area contributed by atoms with Crippen molar-refractivity contribution < 1.29 is 4.79 Å². The molecule has 1 N–H and O–H groups in total. The zero-order valence-electron chi connectivity index (χ0n) is 11.4. The molecule has 0 bridgehead atoms. The van der Waals surface area contributed by atoms with Gasteiger partial charge in [0.1, 0.15) is 0 Å². The molecule has 18 heavy (non-hydrogen) atoms. The van der Waals surface area contributed by atoms with Crippen molar-refractivity contribution in [3.05, 3.63) is 42.3 Å². The van der Waals surface area contributed by atoms with Gasteiger partial charge in [-0.05, 0) is 33.2 Å². The Labute approximate surface area is 111 Å². The minimum absolute atomic E-state index is 0.0191. The predicted molar refractivity (Wildman–Crippen MR) is 75.7 cm³/mol. The number of unbranched alkanes of at least 4 members (excludes halogenated alkanes) is 2. The molecule has 0 spiro atoms. The highest BCUT2D eigenvalue weighted by atomic mass is 16.1. The summed E-state index contributed by atoms with van der Waals surface area (Å²) in [6, 6.07) is 7.77.